The first-order chi connectivity index (χ1) is 12.0. The molecule has 3 aromatic rings. The molecule has 1 aliphatic heterocycles. The summed E-state index contributed by atoms with van der Waals surface area (Å²) in [5, 5.41) is 8.19. The Balaban J connectivity index is 1.71. The molecule has 1 aromatic carbocycles. The van der Waals surface area contributed by atoms with Gasteiger partial charge in [0.15, 0.2) is 5.82 Å². The lowest BCUT2D eigenvalue weighted by molar-refractivity contribution is 0.0996. The van der Waals surface area contributed by atoms with Crippen LogP contribution >= 0.6 is 0 Å². The Morgan fingerprint density at radius 2 is 2.00 bits per heavy atom. The lowest BCUT2D eigenvalue weighted by Crippen LogP contribution is -2.24. The van der Waals surface area contributed by atoms with Gasteiger partial charge in [-0.3, -0.25) is 9.69 Å². The minimum atomic E-state index is -0.00928. The molecule has 0 fully saturated rings. The summed E-state index contributed by atoms with van der Waals surface area (Å²) < 4.78 is 1.97. The summed E-state index contributed by atoms with van der Waals surface area (Å²) in [5.41, 5.74) is 3.66. The zero-order valence-corrected chi connectivity index (χ0v) is 14.5. The molecule has 3 heterocycles. The highest BCUT2D eigenvalue weighted by Crippen LogP contribution is 2.29. The fraction of sp³-hybridized carbons (Fsp3) is 0.263. The number of aryl methyl sites for hydroxylation is 1. The number of pyridine rings is 1. The molecular weight excluding hydrogens is 314 g/mol. The van der Waals surface area contributed by atoms with Crippen LogP contribution in [0.15, 0.2) is 42.7 Å². The molecule has 0 atom stereocenters. The summed E-state index contributed by atoms with van der Waals surface area (Å²) >= 11 is 0. The largest absolute Gasteiger partial charge is 0.310 e. The van der Waals surface area contributed by atoms with E-state index in [0.717, 1.165) is 16.7 Å². The number of carbonyl (C=O) groups is 1. The second-order valence-electron chi connectivity index (χ2n) is 6.59. The first-order valence-corrected chi connectivity index (χ1v) is 8.33. The Morgan fingerprint density at radius 1 is 1.16 bits per heavy atom. The van der Waals surface area contributed by atoms with Crippen molar-refractivity contribution in [1.29, 1.82) is 0 Å². The maximum absolute atomic E-state index is 12.7. The second kappa shape index (κ2) is 5.81. The molecule has 4 rings (SSSR count). The number of rotatable bonds is 3. The third-order valence-corrected chi connectivity index (χ3v) is 4.43. The molecule has 0 saturated carbocycles. The zero-order valence-electron chi connectivity index (χ0n) is 14.5. The van der Waals surface area contributed by atoms with Crippen molar-refractivity contribution in [2.24, 2.45) is 0 Å². The molecule has 1 aliphatic rings. The highest BCUT2D eigenvalue weighted by molar-refractivity contribution is 6.09. The van der Waals surface area contributed by atoms with E-state index in [0.29, 0.717) is 23.9 Å². The normalized spacial score (nSPS) is 13.6. The number of anilines is 1. The number of nitrogens with zero attached hydrogens (tertiary/aromatic N) is 5. The Bertz CT molecular complexity index is 960. The minimum absolute atomic E-state index is 0.00928. The molecule has 0 unspecified atom stereocenters. The number of fused-ring (bicyclic) bond motifs is 1. The molecule has 0 spiro atoms. The van der Waals surface area contributed by atoms with Gasteiger partial charge in [-0.25, -0.2) is 4.98 Å². The highest BCUT2D eigenvalue weighted by Gasteiger charge is 2.29. The van der Waals surface area contributed by atoms with Gasteiger partial charge in [0, 0.05) is 11.6 Å². The van der Waals surface area contributed by atoms with E-state index in [4.69, 9.17) is 0 Å². The predicted octanol–water partition coefficient (Wildman–Crippen LogP) is 3.39. The molecule has 6 nitrogen and oxygen atoms in total. The van der Waals surface area contributed by atoms with E-state index >= 15 is 0 Å². The van der Waals surface area contributed by atoms with E-state index < -0.39 is 0 Å². The van der Waals surface area contributed by atoms with Crippen molar-refractivity contribution in [2.75, 3.05) is 4.90 Å². The van der Waals surface area contributed by atoms with Crippen LogP contribution in [0, 0.1) is 6.92 Å². The zero-order chi connectivity index (χ0) is 17.6. The smallest absolute Gasteiger partial charge is 0.260 e. The number of carbonyl (C=O) groups excluding carboxylic acids is 1. The SMILES string of the molecule is Cc1ccc2c(c1)CN(c1cccc(-c3nncn3C(C)C)n1)C2=O. The van der Waals surface area contributed by atoms with E-state index in [-0.39, 0.29) is 11.9 Å². The van der Waals surface area contributed by atoms with Crippen LogP contribution in [0.2, 0.25) is 0 Å². The molecule has 25 heavy (non-hydrogen) atoms. The topological polar surface area (TPSA) is 63.9 Å². The number of hydrogen-bond acceptors (Lipinski definition) is 4. The third-order valence-electron chi connectivity index (χ3n) is 4.43. The predicted molar refractivity (Wildman–Crippen MR) is 95.3 cm³/mol. The van der Waals surface area contributed by atoms with Crippen LogP contribution in [0.3, 0.4) is 0 Å². The Labute approximate surface area is 146 Å². The first kappa shape index (κ1) is 15.5. The van der Waals surface area contributed by atoms with Gasteiger partial charge < -0.3 is 4.57 Å². The van der Waals surface area contributed by atoms with Crippen LogP contribution in [0.25, 0.3) is 11.5 Å². The van der Waals surface area contributed by atoms with Gasteiger partial charge in [-0.2, -0.15) is 0 Å². The average molecular weight is 333 g/mol. The fourth-order valence-electron chi connectivity index (χ4n) is 3.14. The van der Waals surface area contributed by atoms with Crippen molar-refractivity contribution in [2.45, 2.75) is 33.4 Å². The van der Waals surface area contributed by atoms with Gasteiger partial charge in [0.1, 0.15) is 17.8 Å². The number of hydrogen-bond donors (Lipinski definition) is 0. The van der Waals surface area contributed by atoms with E-state index in [1.54, 1.807) is 11.2 Å². The molecule has 0 N–H and O–H groups in total. The van der Waals surface area contributed by atoms with Crippen LogP contribution in [0.5, 0.6) is 0 Å². The van der Waals surface area contributed by atoms with Crippen LogP contribution in [-0.2, 0) is 6.54 Å². The molecular formula is C19H19N5O. The monoisotopic (exact) mass is 333 g/mol. The van der Waals surface area contributed by atoms with E-state index in [9.17, 15) is 4.79 Å². The number of amides is 1. The molecule has 126 valence electrons. The molecule has 6 heteroatoms. The third kappa shape index (κ3) is 2.59. The van der Waals surface area contributed by atoms with Gasteiger partial charge in [-0.1, -0.05) is 23.8 Å². The maximum atomic E-state index is 12.7. The van der Waals surface area contributed by atoms with Crippen molar-refractivity contribution >= 4 is 11.7 Å². The summed E-state index contributed by atoms with van der Waals surface area (Å²) in [6.07, 6.45) is 1.70. The van der Waals surface area contributed by atoms with Crippen molar-refractivity contribution < 1.29 is 4.79 Å². The van der Waals surface area contributed by atoms with Crippen molar-refractivity contribution in [3.8, 4) is 11.5 Å². The summed E-state index contributed by atoms with van der Waals surface area (Å²) in [7, 11) is 0. The lowest BCUT2D eigenvalue weighted by atomic mass is 10.1. The maximum Gasteiger partial charge on any atom is 0.260 e. The molecule has 0 bridgehead atoms. The summed E-state index contributed by atoms with van der Waals surface area (Å²) in [5.74, 6) is 1.33. The fourth-order valence-corrected chi connectivity index (χ4v) is 3.14. The van der Waals surface area contributed by atoms with Crippen molar-refractivity contribution in [3.63, 3.8) is 0 Å². The van der Waals surface area contributed by atoms with Crippen LogP contribution < -0.4 is 4.90 Å². The van der Waals surface area contributed by atoms with Crippen molar-refractivity contribution in [1.82, 2.24) is 19.7 Å². The van der Waals surface area contributed by atoms with Gasteiger partial charge in [-0.05, 0) is 44.5 Å². The number of benzene rings is 1. The average Bonchev–Trinajstić information content (AvgIpc) is 3.20. The quantitative estimate of drug-likeness (QED) is 0.737. The van der Waals surface area contributed by atoms with Gasteiger partial charge >= 0.3 is 0 Å². The summed E-state index contributed by atoms with van der Waals surface area (Å²) in [6.45, 7) is 6.72. The van der Waals surface area contributed by atoms with Gasteiger partial charge in [0.25, 0.3) is 5.91 Å². The van der Waals surface area contributed by atoms with Crippen LogP contribution in [-0.4, -0.2) is 25.7 Å². The standard InChI is InChI=1S/C19H19N5O/c1-12(2)24-11-20-22-18(24)16-5-4-6-17(21-16)23-10-14-9-13(3)7-8-15(14)19(23)25/h4-9,11-12H,10H2,1-3H3. The van der Waals surface area contributed by atoms with Crippen LogP contribution in [0.1, 0.15) is 41.4 Å². The van der Waals surface area contributed by atoms with E-state index in [1.165, 1.54) is 0 Å². The molecule has 0 saturated heterocycles. The molecule has 2 aromatic heterocycles. The van der Waals surface area contributed by atoms with Gasteiger partial charge in [0.2, 0.25) is 0 Å². The molecule has 1 amide bonds. The lowest BCUT2D eigenvalue weighted by Gasteiger charge is -2.16. The van der Waals surface area contributed by atoms with E-state index in [1.807, 2.05) is 41.8 Å². The Kier molecular flexibility index (Phi) is 3.60. The van der Waals surface area contributed by atoms with Gasteiger partial charge in [0.05, 0.1) is 6.54 Å². The van der Waals surface area contributed by atoms with Gasteiger partial charge in [-0.15, -0.1) is 10.2 Å². The Hall–Kier alpha value is -3.02. The highest BCUT2D eigenvalue weighted by atomic mass is 16.2. The Morgan fingerprint density at radius 3 is 2.80 bits per heavy atom. The summed E-state index contributed by atoms with van der Waals surface area (Å²) in [4.78, 5) is 19.1. The summed E-state index contributed by atoms with van der Waals surface area (Å²) in [6, 6.07) is 11.8. The van der Waals surface area contributed by atoms with Crippen LogP contribution in [0.4, 0.5) is 5.82 Å². The van der Waals surface area contributed by atoms with E-state index in [2.05, 4.69) is 35.1 Å². The first-order valence-electron chi connectivity index (χ1n) is 8.33. The molecule has 0 radical (unpaired) electrons. The minimum Gasteiger partial charge on any atom is -0.310 e. The number of aromatic nitrogens is 4. The van der Waals surface area contributed by atoms with Crippen molar-refractivity contribution in [3.05, 3.63) is 59.4 Å². The molecule has 0 aliphatic carbocycles. The second-order valence-corrected chi connectivity index (χ2v) is 6.59.